The normalized spacial score (nSPS) is 12.5. The summed E-state index contributed by atoms with van der Waals surface area (Å²) < 4.78 is 0. The summed E-state index contributed by atoms with van der Waals surface area (Å²) in [4.78, 5) is 12.0. The summed E-state index contributed by atoms with van der Waals surface area (Å²) in [5.74, 6) is 1.06. The van der Waals surface area contributed by atoms with Crippen molar-refractivity contribution >= 4 is 13.0 Å². The van der Waals surface area contributed by atoms with E-state index in [1.807, 2.05) is 85.7 Å². The van der Waals surface area contributed by atoms with Gasteiger partial charge in [-0.2, -0.15) is 0 Å². The number of aliphatic hydroxyl groups is 1. The quantitative estimate of drug-likeness (QED) is 0.225. The van der Waals surface area contributed by atoms with Crippen molar-refractivity contribution in [2.75, 3.05) is 6.54 Å². The van der Waals surface area contributed by atoms with Gasteiger partial charge in [0.25, 0.3) is 0 Å². The van der Waals surface area contributed by atoms with Crippen LogP contribution in [0.3, 0.4) is 0 Å². The van der Waals surface area contributed by atoms with Gasteiger partial charge in [0, 0.05) is 6.54 Å². The second-order valence-electron chi connectivity index (χ2n) is 9.01. The number of rotatable bonds is 6. The zero-order chi connectivity index (χ0) is 30.8. The minimum absolute atomic E-state index is 0.296. The van der Waals surface area contributed by atoms with E-state index in [0.29, 0.717) is 0 Å². The third-order valence-corrected chi connectivity index (χ3v) is 4.81. The molecule has 3 nitrogen and oxygen atoms in total. The molecule has 1 aromatic rings. The molecule has 0 amide bonds. The Hall–Kier alpha value is -2.26. The van der Waals surface area contributed by atoms with Crippen molar-refractivity contribution in [3.8, 4) is 0 Å². The van der Waals surface area contributed by atoms with Gasteiger partial charge in [-0.05, 0) is 78.5 Å². The molecule has 1 fully saturated rings. The van der Waals surface area contributed by atoms with Gasteiger partial charge in [0.05, 0.1) is 6.10 Å². The Morgan fingerprint density at radius 3 is 1.71 bits per heavy atom. The maximum absolute atomic E-state index is 9.42. The molecular formula is C35H65NO2. The highest BCUT2D eigenvalue weighted by Crippen LogP contribution is 2.24. The van der Waals surface area contributed by atoms with Gasteiger partial charge >= 0.3 is 0 Å². The lowest BCUT2D eigenvalue weighted by molar-refractivity contribution is -0.0980. The number of nitrogens with zero attached hydrogens (tertiary/aromatic N) is 1. The van der Waals surface area contributed by atoms with Gasteiger partial charge in [0.2, 0.25) is 0 Å². The number of hydrogen-bond acceptors (Lipinski definition) is 3. The average molecular weight is 532 g/mol. The number of carbonyl (C=O) groups excluding carboxylic acids is 1. The molecule has 222 valence electrons. The first-order valence-electron chi connectivity index (χ1n) is 14.5. The fourth-order valence-corrected chi connectivity index (χ4v) is 2.29. The smallest absolute Gasteiger partial charge is 0.106 e. The van der Waals surface area contributed by atoms with Crippen molar-refractivity contribution in [2.24, 2.45) is 10.9 Å². The van der Waals surface area contributed by atoms with E-state index < -0.39 is 0 Å². The third-order valence-electron chi connectivity index (χ3n) is 4.81. The van der Waals surface area contributed by atoms with Crippen LogP contribution in [0, 0.1) is 12.8 Å². The van der Waals surface area contributed by atoms with Gasteiger partial charge in [-0.1, -0.05) is 120 Å². The van der Waals surface area contributed by atoms with E-state index in [1.165, 1.54) is 36.0 Å². The van der Waals surface area contributed by atoms with E-state index in [0.717, 1.165) is 37.3 Å². The Labute approximate surface area is 239 Å². The maximum atomic E-state index is 9.42. The van der Waals surface area contributed by atoms with E-state index in [9.17, 15) is 5.11 Å². The highest BCUT2D eigenvalue weighted by Gasteiger charge is 2.09. The molecule has 0 radical (unpaired) electrons. The molecule has 2 rings (SSSR count). The zero-order valence-corrected chi connectivity index (χ0v) is 27.4. The molecule has 0 aromatic heterocycles. The standard InChI is InChI=1S/C10H14O.C8H14.C5H11N.C5H10.C4H8.C2H6.CH2O/c1-3-10(11)9-6-4-8(2)5-7-9;1-4-6-7-8(3)5-2;1-3-5-6-4-2;1-5-3-2-4-5;1-4(2)3;2*1-2/h4-7,10-11H,3H2,1-2H3;5-7H,4H2,1-3H3;5H,3-4H2,1-2H3;5H,2-4H2,1H3;1H2,2-3H3;1-2H3;1H2/b;7-6?,8-5-;;;;;. The number of carbonyl (C=O) groups is 1. The zero-order valence-electron chi connectivity index (χ0n) is 27.4. The predicted molar refractivity (Wildman–Crippen MR) is 177 cm³/mol. The molecule has 1 aliphatic carbocycles. The summed E-state index contributed by atoms with van der Waals surface area (Å²) in [7, 11) is 0. The average Bonchev–Trinajstić information content (AvgIpc) is 2.92. The number of aliphatic imine (C=N–C) groups is 1. The molecule has 0 bridgehead atoms. The van der Waals surface area contributed by atoms with Crippen LogP contribution in [0.5, 0.6) is 0 Å². The van der Waals surface area contributed by atoms with Crippen LogP contribution < -0.4 is 0 Å². The van der Waals surface area contributed by atoms with Crippen molar-refractivity contribution in [3.05, 3.63) is 71.3 Å². The first kappa shape index (κ1) is 45.6. The Morgan fingerprint density at radius 2 is 1.47 bits per heavy atom. The van der Waals surface area contributed by atoms with Crippen molar-refractivity contribution in [2.45, 2.75) is 128 Å². The summed E-state index contributed by atoms with van der Waals surface area (Å²) in [6.07, 6.45) is 15.5. The Kier molecular flexibility index (Phi) is 47.2. The van der Waals surface area contributed by atoms with Gasteiger partial charge < -0.3 is 9.90 Å². The Bertz CT molecular complexity index is 658. The van der Waals surface area contributed by atoms with Crippen LogP contribution in [0.25, 0.3) is 0 Å². The molecule has 1 N–H and O–H groups in total. The first-order valence-corrected chi connectivity index (χ1v) is 14.5. The van der Waals surface area contributed by atoms with Crippen molar-refractivity contribution < 1.29 is 9.90 Å². The summed E-state index contributed by atoms with van der Waals surface area (Å²) >= 11 is 0. The lowest BCUT2D eigenvalue weighted by Crippen LogP contribution is -2.04. The fourth-order valence-electron chi connectivity index (χ4n) is 2.29. The molecular weight excluding hydrogens is 466 g/mol. The molecule has 0 spiro atoms. The number of benzene rings is 1. The lowest BCUT2D eigenvalue weighted by Gasteiger charge is -2.18. The highest BCUT2D eigenvalue weighted by atomic mass is 16.3. The molecule has 1 aromatic carbocycles. The monoisotopic (exact) mass is 532 g/mol. The van der Waals surface area contributed by atoms with Crippen LogP contribution >= 0.6 is 0 Å². The van der Waals surface area contributed by atoms with E-state index >= 15 is 0 Å². The van der Waals surface area contributed by atoms with Crippen LogP contribution in [0.4, 0.5) is 0 Å². The number of aliphatic hydroxyl groups excluding tert-OH is 1. The minimum Gasteiger partial charge on any atom is -0.388 e. The molecule has 1 aliphatic rings. The number of aryl methyl sites for hydroxylation is 1. The molecule has 1 unspecified atom stereocenters. The van der Waals surface area contributed by atoms with Crippen LogP contribution in [0.15, 0.2) is 65.2 Å². The van der Waals surface area contributed by atoms with Crippen LogP contribution in [0.1, 0.15) is 132 Å². The van der Waals surface area contributed by atoms with Gasteiger partial charge in [0.15, 0.2) is 0 Å². The largest absolute Gasteiger partial charge is 0.388 e. The fraction of sp³-hybridized carbons (Fsp3) is 0.600. The van der Waals surface area contributed by atoms with Crippen LogP contribution in [0.2, 0.25) is 0 Å². The number of allylic oxidation sites excluding steroid dienone is 5. The summed E-state index contributed by atoms with van der Waals surface area (Å²) in [5, 5.41) is 9.42. The first-order chi connectivity index (χ1) is 18.1. The minimum atomic E-state index is -0.296. The molecule has 3 heteroatoms. The number of hydrogen-bond donors (Lipinski definition) is 1. The summed E-state index contributed by atoms with van der Waals surface area (Å²) in [6.45, 7) is 31.2. The van der Waals surface area contributed by atoms with Crippen LogP contribution in [-0.2, 0) is 4.79 Å². The molecule has 0 aliphatic heterocycles. The SMILES string of the molecule is C/C=C(/C)C=CCC.C=C(C)C.C=O.CC.CC1CCC1.CCC(O)c1ccc(C)cc1.CCC=NCC. The lowest BCUT2D eigenvalue weighted by atomic mass is 9.88. The van der Waals surface area contributed by atoms with Crippen LogP contribution in [-0.4, -0.2) is 24.7 Å². The van der Waals surface area contributed by atoms with Gasteiger partial charge in [0.1, 0.15) is 6.79 Å². The molecule has 0 heterocycles. The second kappa shape index (κ2) is 39.3. The van der Waals surface area contributed by atoms with Crippen molar-refractivity contribution in [1.82, 2.24) is 0 Å². The van der Waals surface area contributed by atoms with Crippen molar-refractivity contribution in [1.29, 1.82) is 0 Å². The predicted octanol–water partition coefficient (Wildman–Crippen LogP) is 11.1. The third kappa shape index (κ3) is 43.8. The topological polar surface area (TPSA) is 49.7 Å². The maximum Gasteiger partial charge on any atom is 0.106 e. The van der Waals surface area contributed by atoms with Gasteiger partial charge in [-0.15, -0.1) is 6.58 Å². The van der Waals surface area contributed by atoms with E-state index in [1.54, 1.807) is 0 Å². The van der Waals surface area contributed by atoms with Gasteiger partial charge in [-0.25, -0.2) is 0 Å². The van der Waals surface area contributed by atoms with E-state index in [4.69, 9.17) is 4.79 Å². The van der Waals surface area contributed by atoms with Crippen molar-refractivity contribution in [3.63, 3.8) is 0 Å². The Morgan fingerprint density at radius 1 is 1.03 bits per heavy atom. The molecule has 1 saturated carbocycles. The van der Waals surface area contributed by atoms with E-state index in [-0.39, 0.29) is 6.10 Å². The van der Waals surface area contributed by atoms with Gasteiger partial charge in [-0.3, -0.25) is 4.99 Å². The molecule has 0 saturated heterocycles. The van der Waals surface area contributed by atoms with E-state index in [2.05, 4.69) is 64.4 Å². The Balaban J connectivity index is -0.000000120. The molecule has 1 atom stereocenters. The highest BCUT2D eigenvalue weighted by molar-refractivity contribution is 5.56. The summed E-state index contributed by atoms with van der Waals surface area (Å²) in [6, 6.07) is 8.00. The summed E-state index contributed by atoms with van der Waals surface area (Å²) in [5.41, 5.74) is 4.75. The molecule has 38 heavy (non-hydrogen) atoms. The second-order valence-corrected chi connectivity index (χ2v) is 9.01.